The lowest BCUT2D eigenvalue weighted by molar-refractivity contribution is 0.0697. The Morgan fingerprint density at radius 2 is 1.79 bits per heavy atom. The van der Waals surface area contributed by atoms with Gasteiger partial charge in [-0.3, -0.25) is 0 Å². The summed E-state index contributed by atoms with van der Waals surface area (Å²) in [5, 5.41) is 21.8. The van der Waals surface area contributed by atoms with Crippen molar-refractivity contribution in [3.8, 4) is 28.1 Å². The van der Waals surface area contributed by atoms with E-state index in [1.165, 1.54) is 24.0 Å². The van der Waals surface area contributed by atoms with Crippen molar-refractivity contribution in [2.24, 2.45) is 5.92 Å². The van der Waals surface area contributed by atoms with Crippen molar-refractivity contribution < 1.29 is 9.90 Å². The number of carboxylic acids is 1. The van der Waals surface area contributed by atoms with E-state index in [1.807, 2.05) is 43.5 Å². The highest BCUT2D eigenvalue weighted by Crippen LogP contribution is 2.57. The third-order valence-electron chi connectivity index (χ3n) is 7.43. The fourth-order valence-corrected chi connectivity index (χ4v) is 5.31. The number of hydrogen-bond acceptors (Lipinski definition) is 4. The quantitative estimate of drug-likeness (QED) is 0.454. The van der Waals surface area contributed by atoms with Gasteiger partial charge in [-0.25, -0.2) is 9.48 Å². The predicted molar refractivity (Wildman–Crippen MR) is 131 cm³/mol. The van der Waals surface area contributed by atoms with Crippen molar-refractivity contribution in [1.29, 1.82) is 0 Å². The molecule has 6 heteroatoms. The van der Waals surface area contributed by atoms with Crippen LogP contribution >= 0.6 is 0 Å². The number of benzene rings is 3. The summed E-state index contributed by atoms with van der Waals surface area (Å²) in [5.41, 5.74) is 7.37. The van der Waals surface area contributed by atoms with Gasteiger partial charge < -0.3 is 10.4 Å². The van der Waals surface area contributed by atoms with Gasteiger partial charge in [-0.15, -0.1) is 5.10 Å². The average Bonchev–Trinajstić information content (AvgIpc) is 3.43. The number of fused-ring (bicyclic) bond motifs is 1. The maximum absolute atomic E-state index is 11.9. The summed E-state index contributed by atoms with van der Waals surface area (Å²) in [6.07, 6.45) is 4.28. The van der Waals surface area contributed by atoms with Crippen LogP contribution in [0.25, 0.3) is 28.1 Å². The molecule has 34 heavy (non-hydrogen) atoms. The standard InChI is InChI=1S/C28H26N4O2/c1-18-2-4-20(5-3-18)26-17-32(31-30-26)25-13-21(12-22(14-25)27(33)34)19-6-8-23(9-7-19)28-10-11-29-16-24(28)15-28/h2-9,12-14,17,24,29H,10-11,15-16H2,1H3,(H,33,34). The topological polar surface area (TPSA) is 80.0 Å². The van der Waals surface area contributed by atoms with E-state index in [2.05, 4.69) is 39.9 Å². The van der Waals surface area contributed by atoms with Gasteiger partial charge in [-0.1, -0.05) is 59.3 Å². The molecule has 2 aliphatic rings. The summed E-state index contributed by atoms with van der Waals surface area (Å²) < 4.78 is 1.64. The second-order valence-electron chi connectivity index (χ2n) is 9.58. The van der Waals surface area contributed by atoms with Crippen molar-refractivity contribution in [1.82, 2.24) is 20.3 Å². The smallest absolute Gasteiger partial charge is 0.335 e. The zero-order valence-corrected chi connectivity index (χ0v) is 19.0. The zero-order valence-electron chi connectivity index (χ0n) is 19.0. The second kappa shape index (κ2) is 7.92. The molecule has 2 unspecified atom stereocenters. The van der Waals surface area contributed by atoms with Gasteiger partial charge in [0.15, 0.2) is 0 Å². The lowest BCUT2D eigenvalue weighted by Gasteiger charge is -2.23. The summed E-state index contributed by atoms with van der Waals surface area (Å²) in [6.45, 7) is 4.22. The van der Waals surface area contributed by atoms with Crippen LogP contribution in [0.3, 0.4) is 0 Å². The fraction of sp³-hybridized carbons (Fsp3) is 0.250. The van der Waals surface area contributed by atoms with Gasteiger partial charge in [0.25, 0.3) is 0 Å². The number of aromatic nitrogens is 3. The van der Waals surface area contributed by atoms with E-state index >= 15 is 0 Å². The molecule has 6 nitrogen and oxygen atoms in total. The normalized spacial score (nSPS) is 21.1. The number of carbonyl (C=O) groups is 1. The van der Waals surface area contributed by atoms with Crippen molar-refractivity contribution in [3.63, 3.8) is 0 Å². The van der Waals surface area contributed by atoms with Crippen LogP contribution in [0.15, 0.2) is 72.9 Å². The molecular formula is C28H26N4O2. The van der Waals surface area contributed by atoms with Gasteiger partial charge in [0.1, 0.15) is 5.69 Å². The summed E-state index contributed by atoms with van der Waals surface area (Å²) in [4.78, 5) is 11.9. The molecular weight excluding hydrogens is 424 g/mol. The molecule has 1 aliphatic heterocycles. The molecule has 2 N–H and O–H groups in total. The predicted octanol–water partition coefficient (Wildman–Crippen LogP) is 4.86. The Kier molecular flexibility index (Phi) is 4.85. The summed E-state index contributed by atoms with van der Waals surface area (Å²) in [6, 6.07) is 22.1. The molecule has 1 aliphatic carbocycles. The lowest BCUT2D eigenvalue weighted by atomic mass is 9.87. The Morgan fingerprint density at radius 1 is 1.03 bits per heavy atom. The first-order chi connectivity index (χ1) is 16.5. The van der Waals surface area contributed by atoms with Gasteiger partial charge >= 0.3 is 5.97 Å². The van der Waals surface area contributed by atoms with Gasteiger partial charge in [0, 0.05) is 11.0 Å². The molecule has 4 aromatic rings. The van der Waals surface area contributed by atoms with Crippen LogP contribution in [0.4, 0.5) is 0 Å². The molecule has 2 fully saturated rings. The first kappa shape index (κ1) is 20.8. The number of aromatic carboxylic acids is 1. The molecule has 170 valence electrons. The van der Waals surface area contributed by atoms with Crippen LogP contribution in [0.1, 0.15) is 34.3 Å². The van der Waals surface area contributed by atoms with Crippen molar-refractivity contribution in [2.75, 3.05) is 13.1 Å². The maximum Gasteiger partial charge on any atom is 0.335 e. The average molecular weight is 451 g/mol. The Balaban J connectivity index is 1.34. The van der Waals surface area contributed by atoms with E-state index in [4.69, 9.17) is 0 Å². The molecule has 0 spiro atoms. The van der Waals surface area contributed by atoms with Crippen LogP contribution in [-0.4, -0.2) is 39.2 Å². The Morgan fingerprint density at radius 3 is 2.53 bits per heavy atom. The molecule has 2 atom stereocenters. The van der Waals surface area contributed by atoms with Crippen LogP contribution in [-0.2, 0) is 5.41 Å². The minimum atomic E-state index is -0.965. The zero-order chi connectivity index (χ0) is 23.3. The molecule has 2 heterocycles. The first-order valence-electron chi connectivity index (χ1n) is 11.7. The van der Waals surface area contributed by atoms with Crippen molar-refractivity contribution in [2.45, 2.75) is 25.2 Å². The number of piperidine rings is 1. The second-order valence-corrected chi connectivity index (χ2v) is 9.58. The lowest BCUT2D eigenvalue weighted by Crippen LogP contribution is -2.31. The number of rotatable bonds is 5. The van der Waals surface area contributed by atoms with E-state index in [1.54, 1.807) is 16.8 Å². The third kappa shape index (κ3) is 3.60. The highest BCUT2D eigenvalue weighted by atomic mass is 16.4. The molecule has 0 radical (unpaired) electrons. The molecule has 6 rings (SSSR count). The monoisotopic (exact) mass is 450 g/mol. The Hall–Kier alpha value is -3.77. The number of aryl methyl sites for hydroxylation is 1. The van der Waals surface area contributed by atoms with Gasteiger partial charge in [0.2, 0.25) is 0 Å². The summed E-state index contributed by atoms with van der Waals surface area (Å²) in [7, 11) is 0. The number of nitrogens with one attached hydrogen (secondary N) is 1. The van der Waals surface area contributed by atoms with Gasteiger partial charge in [0.05, 0.1) is 17.4 Å². The maximum atomic E-state index is 11.9. The van der Waals surface area contributed by atoms with E-state index in [9.17, 15) is 9.90 Å². The Labute approximate surface area is 198 Å². The third-order valence-corrected chi connectivity index (χ3v) is 7.43. The SMILES string of the molecule is Cc1ccc(-c2cn(-c3cc(C(=O)O)cc(-c4ccc(C56CCNCC5C6)cc4)c3)nn2)cc1. The minimum absolute atomic E-state index is 0.225. The van der Waals surface area contributed by atoms with Crippen LogP contribution in [0.5, 0.6) is 0 Å². The summed E-state index contributed by atoms with van der Waals surface area (Å²) >= 11 is 0. The van der Waals surface area contributed by atoms with Crippen molar-refractivity contribution >= 4 is 5.97 Å². The van der Waals surface area contributed by atoms with E-state index < -0.39 is 5.97 Å². The summed E-state index contributed by atoms with van der Waals surface area (Å²) in [5.74, 6) is -0.225. The molecule has 0 bridgehead atoms. The largest absolute Gasteiger partial charge is 0.478 e. The van der Waals surface area contributed by atoms with E-state index in [0.29, 0.717) is 11.1 Å². The number of hydrogen-bond donors (Lipinski definition) is 2. The fourth-order valence-electron chi connectivity index (χ4n) is 5.31. The molecule has 3 aromatic carbocycles. The number of carboxylic acid groups (broad SMARTS) is 1. The van der Waals surface area contributed by atoms with Gasteiger partial charge in [-0.05, 0) is 73.7 Å². The van der Waals surface area contributed by atoms with Gasteiger partial charge in [-0.2, -0.15) is 0 Å². The Bertz CT molecular complexity index is 1370. The highest BCUT2D eigenvalue weighted by Gasteiger charge is 2.55. The van der Waals surface area contributed by atoms with Crippen LogP contribution in [0.2, 0.25) is 0 Å². The van der Waals surface area contributed by atoms with Crippen molar-refractivity contribution in [3.05, 3.63) is 89.6 Å². The number of nitrogens with zero attached hydrogens (tertiary/aromatic N) is 3. The molecule has 1 saturated carbocycles. The molecule has 1 aromatic heterocycles. The molecule has 0 amide bonds. The minimum Gasteiger partial charge on any atom is -0.478 e. The van der Waals surface area contributed by atoms with Crippen LogP contribution in [0, 0.1) is 12.8 Å². The first-order valence-corrected chi connectivity index (χ1v) is 11.7. The molecule has 1 saturated heterocycles. The van der Waals surface area contributed by atoms with Crippen LogP contribution < -0.4 is 5.32 Å². The van der Waals surface area contributed by atoms with E-state index in [-0.39, 0.29) is 5.56 Å². The highest BCUT2D eigenvalue weighted by molar-refractivity contribution is 5.90. The van der Waals surface area contributed by atoms with E-state index in [0.717, 1.165) is 41.4 Å².